The van der Waals surface area contributed by atoms with Gasteiger partial charge < -0.3 is 5.11 Å². The molecule has 7 heteroatoms. The zero-order valence-corrected chi connectivity index (χ0v) is 9.39. The van der Waals surface area contributed by atoms with E-state index < -0.39 is 22.1 Å². The maximum absolute atomic E-state index is 11.4. The molecule has 0 amide bonds. The fourth-order valence-corrected chi connectivity index (χ4v) is 1.45. The standard InChI is InChI=1S/C9H5BrN2O4/c10-3-8(14)9-6(12(15)16)1-5(4-11)2-7(9)13/h1-2,13H,3H2. The lowest BCUT2D eigenvalue weighted by atomic mass is 10.1. The summed E-state index contributed by atoms with van der Waals surface area (Å²) in [4.78, 5) is 21.2. The Morgan fingerprint density at radius 3 is 2.69 bits per heavy atom. The number of carbonyl (C=O) groups excluding carboxylic acids is 1. The highest BCUT2D eigenvalue weighted by molar-refractivity contribution is 9.09. The van der Waals surface area contributed by atoms with Crippen LogP contribution in [-0.4, -0.2) is 21.1 Å². The van der Waals surface area contributed by atoms with Crippen LogP contribution < -0.4 is 0 Å². The van der Waals surface area contributed by atoms with Gasteiger partial charge in [0.25, 0.3) is 5.69 Å². The fourth-order valence-electron chi connectivity index (χ4n) is 1.17. The topological polar surface area (TPSA) is 104 Å². The van der Waals surface area contributed by atoms with Gasteiger partial charge in [0.2, 0.25) is 0 Å². The van der Waals surface area contributed by atoms with Gasteiger partial charge in [-0.15, -0.1) is 0 Å². The highest BCUT2D eigenvalue weighted by atomic mass is 79.9. The summed E-state index contributed by atoms with van der Waals surface area (Å²) >= 11 is 2.86. The van der Waals surface area contributed by atoms with Crippen molar-refractivity contribution < 1.29 is 14.8 Å². The predicted molar refractivity (Wildman–Crippen MR) is 57.6 cm³/mol. The number of nitro groups is 1. The SMILES string of the molecule is N#Cc1cc(O)c(C(=O)CBr)c([N+](=O)[O-])c1. The van der Waals surface area contributed by atoms with Gasteiger partial charge in [0.15, 0.2) is 5.78 Å². The summed E-state index contributed by atoms with van der Waals surface area (Å²) in [6, 6.07) is 3.63. The zero-order chi connectivity index (χ0) is 12.3. The quantitative estimate of drug-likeness (QED) is 0.394. The number of aromatic hydroxyl groups is 1. The van der Waals surface area contributed by atoms with Crippen LogP contribution in [0.3, 0.4) is 0 Å². The Labute approximate surface area is 98.4 Å². The number of carbonyl (C=O) groups is 1. The fraction of sp³-hybridized carbons (Fsp3) is 0.111. The summed E-state index contributed by atoms with van der Waals surface area (Å²) in [7, 11) is 0. The maximum Gasteiger partial charge on any atom is 0.285 e. The van der Waals surface area contributed by atoms with Gasteiger partial charge in [0, 0.05) is 6.07 Å². The van der Waals surface area contributed by atoms with Crippen molar-refractivity contribution >= 4 is 27.4 Å². The molecule has 0 heterocycles. The molecule has 0 fully saturated rings. The molecule has 0 atom stereocenters. The number of phenols is 1. The number of phenolic OH excluding ortho intramolecular Hbond substituents is 1. The third-order valence-corrected chi connectivity index (χ3v) is 2.33. The number of halogens is 1. The first-order valence-electron chi connectivity index (χ1n) is 4.02. The van der Waals surface area contributed by atoms with Gasteiger partial charge in [0.1, 0.15) is 11.3 Å². The number of nitriles is 1. The van der Waals surface area contributed by atoms with E-state index in [1.165, 1.54) is 0 Å². The molecule has 1 aromatic carbocycles. The van der Waals surface area contributed by atoms with E-state index in [0.717, 1.165) is 12.1 Å². The van der Waals surface area contributed by atoms with Gasteiger partial charge in [-0.25, -0.2) is 0 Å². The Morgan fingerprint density at radius 1 is 1.62 bits per heavy atom. The largest absolute Gasteiger partial charge is 0.507 e. The molecule has 16 heavy (non-hydrogen) atoms. The van der Waals surface area contributed by atoms with E-state index in [9.17, 15) is 20.0 Å². The molecule has 0 aromatic heterocycles. The number of rotatable bonds is 3. The summed E-state index contributed by atoms with van der Waals surface area (Å²) in [6.07, 6.45) is 0. The van der Waals surface area contributed by atoms with Crippen molar-refractivity contribution in [2.45, 2.75) is 0 Å². The van der Waals surface area contributed by atoms with Crippen LogP contribution in [0.15, 0.2) is 12.1 Å². The first kappa shape index (κ1) is 12.1. The van der Waals surface area contributed by atoms with Gasteiger partial charge in [-0.2, -0.15) is 5.26 Å². The molecule has 6 nitrogen and oxygen atoms in total. The minimum atomic E-state index is -0.809. The van der Waals surface area contributed by atoms with Gasteiger partial charge in [-0.05, 0) is 6.07 Å². The van der Waals surface area contributed by atoms with Crippen LogP contribution in [0, 0.1) is 21.4 Å². The normalized spacial score (nSPS) is 9.50. The highest BCUT2D eigenvalue weighted by Gasteiger charge is 2.24. The van der Waals surface area contributed by atoms with Crippen LogP contribution in [0.1, 0.15) is 15.9 Å². The molecule has 0 saturated heterocycles. The van der Waals surface area contributed by atoms with Crippen molar-refractivity contribution in [3.05, 3.63) is 33.4 Å². The monoisotopic (exact) mass is 284 g/mol. The van der Waals surface area contributed by atoms with Crippen molar-refractivity contribution in [3.8, 4) is 11.8 Å². The molecule has 1 N–H and O–H groups in total. The lowest BCUT2D eigenvalue weighted by molar-refractivity contribution is -0.385. The van der Waals surface area contributed by atoms with E-state index in [0.29, 0.717) is 0 Å². The molecule has 0 saturated carbocycles. The van der Waals surface area contributed by atoms with E-state index in [-0.39, 0.29) is 16.5 Å². The van der Waals surface area contributed by atoms with Crippen LogP contribution >= 0.6 is 15.9 Å². The van der Waals surface area contributed by atoms with Gasteiger partial charge in [-0.1, -0.05) is 15.9 Å². The Balaban J connectivity index is 3.53. The van der Waals surface area contributed by atoms with Crippen molar-refractivity contribution in [2.24, 2.45) is 0 Å². The van der Waals surface area contributed by atoms with Gasteiger partial charge >= 0.3 is 0 Å². The molecular formula is C9H5BrN2O4. The third-order valence-electron chi connectivity index (χ3n) is 1.82. The highest BCUT2D eigenvalue weighted by Crippen LogP contribution is 2.30. The van der Waals surface area contributed by atoms with Crippen LogP contribution in [0.4, 0.5) is 5.69 Å². The zero-order valence-electron chi connectivity index (χ0n) is 7.81. The van der Waals surface area contributed by atoms with E-state index in [1.807, 2.05) is 0 Å². The second kappa shape index (κ2) is 4.72. The first-order chi connectivity index (χ1) is 7.51. The number of nitrogens with zero attached hydrogens (tertiary/aromatic N) is 2. The van der Waals surface area contributed by atoms with Crippen LogP contribution in [0.2, 0.25) is 0 Å². The number of ketones is 1. The van der Waals surface area contributed by atoms with Gasteiger partial charge in [-0.3, -0.25) is 14.9 Å². The summed E-state index contributed by atoms with van der Waals surface area (Å²) < 4.78 is 0. The van der Waals surface area contributed by atoms with E-state index in [1.54, 1.807) is 6.07 Å². The Kier molecular flexibility index (Phi) is 3.58. The average Bonchev–Trinajstić information content (AvgIpc) is 2.26. The third kappa shape index (κ3) is 2.17. The molecule has 0 aliphatic carbocycles. The minimum Gasteiger partial charge on any atom is -0.507 e. The second-order valence-electron chi connectivity index (χ2n) is 2.82. The second-order valence-corrected chi connectivity index (χ2v) is 3.38. The number of Topliss-reactive ketones (excluding diaryl/α,β-unsaturated/α-hetero) is 1. The molecule has 0 unspecified atom stereocenters. The van der Waals surface area contributed by atoms with Crippen molar-refractivity contribution in [1.82, 2.24) is 0 Å². The molecule has 1 rings (SSSR count). The average molecular weight is 285 g/mol. The van der Waals surface area contributed by atoms with E-state index in [2.05, 4.69) is 15.9 Å². The first-order valence-corrected chi connectivity index (χ1v) is 5.14. The van der Waals surface area contributed by atoms with Crippen molar-refractivity contribution in [2.75, 3.05) is 5.33 Å². The number of hydrogen-bond acceptors (Lipinski definition) is 5. The van der Waals surface area contributed by atoms with E-state index in [4.69, 9.17) is 5.26 Å². The molecule has 1 aromatic rings. The summed E-state index contributed by atoms with van der Waals surface area (Å²) in [5.74, 6) is -1.18. The van der Waals surface area contributed by atoms with Crippen LogP contribution in [0.5, 0.6) is 5.75 Å². The number of benzene rings is 1. The maximum atomic E-state index is 11.4. The molecule has 0 aliphatic heterocycles. The molecule has 0 aliphatic rings. The molecule has 0 spiro atoms. The Hall–Kier alpha value is -1.94. The van der Waals surface area contributed by atoms with Crippen LogP contribution in [0.25, 0.3) is 0 Å². The minimum absolute atomic E-state index is 0.0738. The summed E-state index contributed by atoms with van der Waals surface area (Å²) in [6.45, 7) is 0. The molecular weight excluding hydrogens is 280 g/mol. The lowest BCUT2D eigenvalue weighted by Crippen LogP contribution is -2.05. The Morgan fingerprint density at radius 2 is 2.25 bits per heavy atom. The Bertz CT molecular complexity index is 507. The summed E-state index contributed by atoms with van der Waals surface area (Å²) in [5.41, 5.74) is -1.03. The van der Waals surface area contributed by atoms with Crippen LogP contribution in [-0.2, 0) is 0 Å². The smallest absolute Gasteiger partial charge is 0.285 e. The molecule has 82 valence electrons. The molecule has 0 bridgehead atoms. The van der Waals surface area contributed by atoms with Crippen molar-refractivity contribution in [3.63, 3.8) is 0 Å². The number of alkyl halides is 1. The number of nitro benzene ring substituents is 1. The van der Waals surface area contributed by atoms with Gasteiger partial charge in [0.05, 0.1) is 21.9 Å². The lowest BCUT2D eigenvalue weighted by Gasteiger charge is -2.03. The van der Waals surface area contributed by atoms with E-state index >= 15 is 0 Å². The van der Waals surface area contributed by atoms with Crippen molar-refractivity contribution in [1.29, 1.82) is 5.26 Å². The predicted octanol–water partition coefficient (Wildman–Crippen LogP) is 1.75. The molecule has 0 radical (unpaired) electrons. The number of hydrogen-bond donors (Lipinski definition) is 1. The summed E-state index contributed by atoms with van der Waals surface area (Å²) in [5, 5.41) is 28.6.